The Morgan fingerprint density at radius 2 is 1.60 bits per heavy atom. The highest BCUT2D eigenvalue weighted by atomic mass is 35.6. The Hall–Kier alpha value is 0.620. The van der Waals surface area contributed by atoms with Crippen molar-refractivity contribution in [3.05, 3.63) is 28.2 Å². The van der Waals surface area contributed by atoms with Crippen LogP contribution in [0.25, 0.3) is 0 Å². The molecule has 1 aromatic carbocycles. The van der Waals surface area contributed by atoms with E-state index in [2.05, 4.69) is 0 Å². The molecule has 15 heavy (non-hydrogen) atoms. The van der Waals surface area contributed by atoms with E-state index in [0.717, 1.165) is 0 Å². The molecule has 0 atom stereocenters. The Morgan fingerprint density at radius 3 is 2.07 bits per heavy atom. The largest absolute Gasteiger partial charge is 0.297 e. The van der Waals surface area contributed by atoms with Gasteiger partial charge in [-0.1, -0.05) is 64.1 Å². The van der Waals surface area contributed by atoms with Crippen LogP contribution in [0.15, 0.2) is 23.1 Å². The van der Waals surface area contributed by atoms with Gasteiger partial charge in [-0.25, -0.2) is 8.42 Å². The summed E-state index contributed by atoms with van der Waals surface area (Å²) in [5, 5.41) is -0.0857. The summed E-state index contributed by atoms with van der Waals surface area (Å²) in [6.45, 7) is 0. The van der Waals surface area contributed by atoms with Crippen LogP contribution in [0.5, 0.6) is 0 Å². The van der Waals surface area contributed by atoms with Gasteiger partial charge in [-0.05, 0) is 12.1 Å². The first-order valence-electron chi connectivity index (χ1n) is 3.43. The number of sulfone groups is 1. The van der Waals surface area contributed by atoms with Gasteiger partial charge in [0.25, 0.3) is 3.12 Å². The zero-order valence-electron chi connectivity index (χ0n) is 6.85. The molecule has 84 valence electrons. The van der Waals surface area contributed by atoms with Crippen LogP contribution in [-0.2, 0) is 9.84 Å². The molecule has 2 nitrogen and oxygen atoms in total. The van der Waals surface area contributed by atoms with E-state index in [9.17, 15) is 8.42 Å². The Bertz CT molecular complexity index is 477. The molecule has 0 unspecified atom stereocenters. The minimum Gasteiger partial charge on any atom is -0.219 e. The molecule has 1 aromatic rings. The lowest BCUT2D eigenvalue weighted by Gasteiger charge is -2.13. The number of benzene rings is 1. The quantitative estimate of drug-likeness (QED) is 0.728. The molecule has 0 radical (unpaired) electrons. The molecule has 0 saturated carbocycles. The molecule has 8 heteroatoms. The highest BCUT2D eigenvalue weighted by molar-refractivity contribution is 7.97. The van der Waals surface area contributed by atoms with Gasteiger partial charge in [0, 0.05) is 0 Å². The zero-order chi connectivity index (χ0) is 11.9. The average molecular weight is 328 g/mol. The van der Waals surface area contributed by atoms with Gasteiger partial charge in [-0.15, -0.1) is 0 Å². The lowest BCUT2D eigenvalue weighted by molar-refractivity contribution is 0.596. The molecular weight excluding hydrogens is 325 g/mol. The van der Waals surface area contributed by atoms with Crippen LogP contribution in [-0.4, -0.2) is 11.5 Å². The van der Waals surface area contributed by atoms with Crippen molar-refractivity contribution in [1.29, 1.82) is 0 Å². The standard InChI is InChI=1S/C7H3Cl5O2S/c8-4-2-1-3-5(6(4)9)15(13,14)7(10,11)12/h1-3H. The van der Waals surface area contributed by atoms with Crippen LogP contribution >= 0.6 is 58.0 Å². The third kappa shape index (κ3) is 2.65. The highest BCUT2D eigenvalue weighted by Crippen LogP contribution is 2.41. The summed E-state index contributed by atoms with van der Waals surface area (Å²) in [6, 6.07) is 4.05. The second-order valence-electron chi connectivity index (χ2n) is 2.50. The van der Waals surface area contributed by atoms with E-state index in [1.165, 1.54) is 18.2 Å². The van der Waals surface area contributed by atoms with Gasteiger partial charge >= 0.3 is 0 Å². The van der Waals surface area contributed by atoms with Crippen molar-refractivity contribution in [3.63, 3.8) is 0 Å². The molecule has 0 N–H and O–H groups in total. The van der Waals surface area contributed by atoms with Crippen LogP contribution in [0.2, 0.25) is 10.0 Å². The summed E-state index contributed by atoms with van der Waals surface area (Å²) in [5.41, 5.74) is 0. The average Bonchev–Trinajstić information content (AvgIpc) is 2.07. The van der Waals surface area contributed by atoms with E-state index >= 15 is 0 Å². The van der Waals surface area contributed by atoms with Crippen LogP contribution in [0, 0.1) is 0 Å². The smallest absolute Gasteiger partial charge is 0.219 e. The molecule has 0 aliphatic rings. The van der Waals surface area contributed by atoms with Crippen LogP contribution in [0.1, 0.15) is 0 Å². The van der Waals surface area contributed by atoms with Crippen molar-refractivity contribution in [2.45, 2.75) is 8.02 Å². The maximum Gasteiger partial charge on any atom is 0.297 e. The summed E-state index contributed by atoms with van der Waals surface area (Å²) in [4.78, 5) is -0.309. The SMILES string of the molecule is O=S(=O)(c1cccc(Cl)c1Cl)C(Cl)(Cl)Cl. The zero-order valence-corrected chi connectivity index (χ0v) is 11.4. The molecule has 0 saturated heterocycles. The van der Waals surface area contributed by atoms with Gasteiger partial charge in [0.1, 0.15) is 0 Å². The van der Waals surface area contributed by atoms with E-state index in [0.29, 0.717) is 0 Å². The second-order valence-corrected chi connectivity index (χ2v) is 8.30. The van der Waals surface area contributed by atoms with Crippen LogP contribution in [0.4, 0.5) is 0 Å². The van der Waals surface area contributed by atoms with E-state index in [1.807, 2.05) is 0 Å². The molecule has 1 rings (SSSR count). The van der Waals surface area contributed by atoms with Gasteiger partial charge in [-0.3, -0.25) is 0 Å². The number of rotatable bonds is 1. The monoisotopic (exact) mass is 326 g/mol. The molecule has 0 aliphatic heterocycles. The van der Waals surface area contributed by atoms with E-state index in [1.54, 1.807) is 0 Å². The van der Waals surface area contributed by atoms with Crippen molar-refractivity contribution in [3.8, 4) is 0 Å². The third-order valence-corrected chi connectivity index (χ3v) is 5.80. The molecule has 0 heterocycles. The molecule has 0 amide bonds. The van der Waals surface area contributed by atoms with Crippen LogP contribution in [0.3, 0.4) is 0 Å². The van der Waals surface area contributed by atoms with Gasteiger partial charge in [-0.2, -0.15) is 0 Å². The molecule has 0 fully saturated rings. The maximum atomic E-state index is 11.7. The van der Waals surface area contributed by atoms with Gasteiger partial charge in [0.15, 0.2) is 0 Å². The summed E-state index contributed by atoms with van der Waals surface area (Å²) < 4.78 is 20.9. The third-order valence-electron chi connectivity index (χ3n) is 1.51. The summed E-state index contributed by atoms with van der Waals surface area (Å²) in [6.07, 6.45) is 0. The summed E-state index contributed by atoms with van der Waals surface area (Å²) in [7, 11) is -4.15. The molecule has 0 aliphatic carbocycles. The fourth-order valence-corrected chi connectivity index (χ4v) is 3.08. The molecule has 0 aromatic heterocycles. The van der Waals surface area contributed by atoms with Crippen molar-refractivity contribution in [2.75, 3.05) is 0 Å². The van der Waals surface area contributed by atoms with E-state index < -0.39 is 13.0 Å². The Morgan fingerprint density at radius 1 is 1.07 bits per heavy atom. The minimum absolute atomic E-state index is 0.0759. The van der Waals surface area contributed by atoms with Gasteiger partial charge in [0.2, 0.25) is 9.84 Å². The van der Waals surface area contributed by atoms with Gasteiger partial charge < -0.3 is 0 Å². The van der Waals surface area contributed by atoms with Crippen molar-refractivity contribution in [1.82, 2.24) is 0 Å². The number of hydrogen-bond donors (Lipinski definition) is 0. The lowest BCUT2D eigenvalue weighted by atomic mass is 10.4. The normalized spacial score (nSPS) is 12.9. The minimum atomic E-state index is -4.15. The fraction of sp³-hybridized carbons (Fsp3) is 0.143. The highest BCUT2D eigenvalue weighted by Gasteiger charge is 2.40. The van der Waals surface area contributed by atoms with E-state index in [4.69, 9.17) is 58.0 Å². The van der Waals surface area contributed by atoms with Crippen molar-refractivity contribution in [2.24, 2.45) is 0 Å². The summed E-state index contributed by atoms with van der Waals surface area (Å²) >= 11 is 27.3. The number of halogens is 5. The Kier molecular flexibility index (Phi) is 4.08. The lowest BCUT2D eigenvalue weighted by Crippen LogP contribution is -2.20. The first-order chi connectivity index (χ1) is 6.68. The maximum absolute atomic E-state index is 11.7. The topological polar surface area (TPSA) is 34.1 Å². The Balaban J connectivity index is 3.49. The molecular formula is C7H3Cl5O2S. The van der Waals surface area contributed by atoms with E-state index in [-0.39, 0.29) is 14.9 Å². The Labute approximate surface area is 112 Å². The first kappa shape index (κ1) is 13.7. The van der Waals surface area contributed by atoms with Crippen LogP contribution < -0.4 is 0 Å². The predicted octanol–water partition coefficient (Wildman–Crippen LogP) is 4.09. The first-order valence-corrected chi connectivity index (χ1v) is 6.80. The molecule has 0 bridgehead atoms. The number of hydrogen-bond acceptors (Lipinski definition) is 2. The number of alkyl halides is 3. The summed E-state index contributed by atoms with van der Waals surface area (Å²) in [5.74, 6) is 0. The van der Waals surface area contributed by atoms with Gasteiger partial charge in [0.05, 0.1) is 14.9 Å². The predicted molar refractivity (Wildman–Crippen MR) is 63.9 cm³/mol. The van der Waals surface area contributed by atoms with Crippen molar-refractivity contribution >= 4 is 67.8 Å². The van der Waals surface area contributed by atoms with Crippen molar-refractivity contribution < 1.29 is 8.42 Å². The second kappa shape index (κ2) is 4.47. The molecule has 0 spiro atoms. The fourth-order valence-electron chi connectivity index (χ4n) is 0.816.